The highest BCUT2D eigenvalue weighted by Gasteiger charge is 2.39. The van der Waals surface area contributed by atoms with Crippen LogP contribution in [0.2, 0.25) is 0 Å². The van der Waals surface area contributed by atoms with E-state index in [9.17, 15) is 17.2 Å². The second kappa shape index (κ2) is 6.15. The molecule has 3 nitrogen and oxygen atoms in total. The number of hydrogen-bond donors (Lipinski definition) is 0. The summed E-state index contributed by atoms with van der Waals surface area (Å²) in [6.45, 7) is 0. The smallest absolute Gasteiger partial charge is 0.202 e. The van der Waals surface area contributed by atoms with Gasteiger partial charge in [-0.05, 0) is 26.8 Å². The molecule has 1 radical (unpaired) electrons. The topological polar surface area (TPSA) is 43.4 Å². The van der Waals surface area contributed by atoms with E-state index >= 15 is 0 Å². The highest BCUT2D eigenvalue weighted by Crippen LogP contribution is 1.98. The molecule has 0 bridgehead atoms. The molecule has 0 unspecified atom stereocenters. The molecule has 0 fully saturated rings. The Morgan fingerprint density at radius 1 is 0.900 bits per heavy atom. The van der Waals surface area contributed by atoms with E-state index in [1.165, 1.54) is 36.4 Å². The average molecular weight is 412 g/mol. The summed E-state index contributed by atoms with van der Waals surface area (Å²) in [4.78, 5) is 0. The molecule has 2 aromatic carbocycles. The maximum atomic E-state index is 13.9. The summed E-state index contributed by atoms with van der Waals surface area (Å²) >= 11 is -3.20. The molecule has 0 heterocycles. The van der Waals surface area contributed by atoms with Gasteiger partial charge in [-0.15, -0.1) is 0 Å². The first-order valence-electron chi connectivity index (χ1n) is 5.47. The van der Waals surface area contributed by atoms with Gasteiger partial charge in [-0.3, -0.25) is 0 Å². The van der Waals surface area contributed by atoms with E-state index in [4.69, 9.17) is 2.51 Å². The number of halogens is 3. The van der Waals surface area contributed by atoms with Gasteiger partial charge in [0.2, 0.25) is 7.14 Å². The van der Waals surface area contributed by atoms with Crippen LogP contribution < -0.4 is 20.2 Å². The molecule has 0 spiro atoms. The summed E-state index contributed by atoms with van der Waals surface area (Å²) in [6.07, 6.45) is 0.874. The van der Waals surface area contributed by atoms with Gasteiger partial charge in [-0.25, -0.2) is 8.78 Å². The monoisotopic (exact) mass is 412 g/mol. The van der Waals surface area contributed by atoms with Crippen molar-refractivity contribution in [1.29, 1.82) is 0 Å². The second-order valence-corrected chi connectivity index (χ2v) is 10.2. The van der Waals surface area contributed by atoms with E-state index in [1.54, 1.807) is 12.1 Å². The minimum Gasteiger partial charge on any atom is -0.202 e. The molecule has 0 atom stereocenters. The molecule has 0 N–H and O–H groups in total. The van der Waals surface area contributed by atoms with Gasteiger partial charge in [0.05, 0.1) is 6.26 Å². The predicted octanol–water partition coefficient (Wildman–Crippen LogP) is -0.480. The maximum absolute atomic E-state index is 13.9. The Balaban J connectivity index is 2.57. The molecule has 107 valence electrons. The number of hydrogen-bond acceptors (Lipinski definition) is 3. The highest BCUT2D eigenvalue weighted by molar-refractivity contribution is 7.85. The van der Waals surface area contributed by atoms with E-state index in [0.29, 0.717) is 0 Å². The van der Waals surface area contributed by atoms with Gasteiger partial charge in [0.15, 0.2) is 11.6 Å². The third kappa shape index (κ3) is 3.74. The Labute approximate surface area is 123 Å². The zero-order valence-electron chi connectivity index (χ0n) is 10.4. The lowest BCUT2D eigenvalue weighted by atomic mass is 10.4. The van der Waals surface area contributed by atoms with Crippen LogP contribution in [0, 0.1) is 18.8 Å². The van der Waals surface area contributed by atoms with Crippen LogP contribution in [0.3, 0.4) is 0 Å². The van der Waals surface area contributed by atoms with Gasteiger partial charge in [0.25, 0.3) is 0 Å². The quantitative estimate of drug-likeness (QED) is 0.638. The fourth-order valence-corrected chi connectivity index (χ4v) is 7.93. The van der Waals surface area contributed by atoms with Crippen LogP contribution in [0.15, 0.2) is 48.5 Å². The van der Waals surface area contributed by atoms with Crippen molar-refractivity contribution >= 4 is 10.1 Å². The maximum Gasteiger partial charge on any atom is 0.330 e. The van der Waals surface area contributed by atoms with Crippen LogP contribution in [0.4, 0.5) is 8.78 Å². The molecule has 2 rings (SSSR count). The van der Waals surface area contributed by atoms with Gasteiger partial charge >= 0.3 is 30.4 Å². The molecular weight excluding hydrogens is 401 g/mol. The largest absolute Gasteiger partial charge is 0.330 e. The molecule has 2 aromatic rings. The van der Waals surface area contributed by atoms with E-state index < -0.39 is 42.0 Å². The summed E-state index contributed by atoms with van der Waals surface area (Å²) in [5.41, 5.74) is 0. The fourth-order valence-electron chi connectivity index (χ4n) is 1.45. The highest BCUT2D eigenvalue weighted by atomic mass is 127. The van der Waals surface area contributed by atoms with E-state index in [2.05, 4.69) is 0 Å². The summed E-state index contributed by atoms with van der Waals surface area (Å²) in [5, 5.41) is 0. The Morgan fingerprint density at radius 2 is 1.30 bits per heavy atom. The molecule has 0 aliphatic carbocycles. The first kappa shape index (κ1) is 15.3. The zero-order chi connectivity index (χ0) is 14.8. The van der Waals surface area contributed by atoms with Gasteiger partial charge in [-0.2, -0.15) is 8.42 Å². The van der Waals surface area contributed by atoms with Crippen molar-refractivity contribution in [3.63, 3.8) is 0 Å². The molecule has 0 aliphatic rings. The van der Waals surface area contributed by atoms with Crippen molar-refractivity contribution in [2.24, 2.45) is 0 Å². The van der Waals surface area contributed by atoms with E-state index in [1.807, 2.05) is 0 Å². The van der Waals surface area contributed by atoms with Gasteiger partial charge < -0.3 is 0 Å². The van der Waals surface area contributed by atoms with Gasteiger partial charge in [0.1, 0.15) is 0 Å². The molecule has 0 saturated carbocycles. The predicted molar refractivity (Wildman–Crippen MR) is 66.1 cm³/mol. The standard InChI is InChI=1S/C13H11F2IO3S/c1-20(17,18)19-16(12-8-4-2-6-10(12)14)13-9-5-3-7-11(13)15/h2-9H,1H3/q+1. The molecule has 0 aliphatic heterocycles. The minimum atomic E-state index is -3.82. The fraction of sp³-hybridized carbons (Fsp3) is 0.0769. The molecular formula is C13H11F2IO3S+. The zero-order valence-corrected chi connectivity index (χ0v) is 13.4. The molecule has 7 heteroatoms. The third-order valence-corrected chi connectivity index (χ3v) is 9.45. The van der Waals surface area contributed by atoms with E-state index in [0.717, 1.165) is 6.26 Å². The van der Waals surface area contributed by atoms with Crippen molar-refractivity contribution in [2.75, 3.05) is 6.26 Å². The van der Waals surface area contributed by atoms with Crippen LogP contribution in [-0.2, 0) is 12.6 Å². The first-order chi connectivity index (χ1) is 9.38. The Kier molecular flexibility index (Phi) is 4.71. The SMILES string of the molecule is CS(=O)(=O)O[I+](c1ccccc1F)c1ccccc1F. The molecule has 0 saturated heterocycles. The summed E-state index contributed by atoms with van der Waals surface area (Å²) in [5.74, 6) is -1.19. The number of rotatable bonds is 4. The Bertz CT molecular complexity index is 674. The van der Waals surface area contributed by atoms with Crippen molar-refractivity contribution in [3.05, 3.63) is 67.3 Å². The molecule has 0 amide bonds. The first-order valence-corrected chi connectivity index (χ1v) is 10.3. The van der Waals surface area contributed by atoms with Crippen molar-refractivity contribution in [2.45, 2.75) is 0 Å². The van der Waals surface area contributed by atoms with Crippen LogP contribution >= 0.6 is 0 Å². The summed E-state index contributed by atoms with van der Waals surface area (Å²) in [7, 11) is -3.82. The van der Waals surface area contributed by atoms with Crippen molar-refractivity contribution in [3.8, 4) is 0 Å². The lowest BCUT2D eigenvalue weighted by Crippen LogP contribution is -3.86. The minimum absolute atomic E-state index is 0.118. The summed E-state index contributed by atoms with van der Waals surface area (Å²) in [6, 6.07) is 11.4. The lowest BCUT2D eigenvalue weighted by molar-refractivity contribution is -1.03. The van der Waals surface area contributed by atoms with Crippen molar-refractivity contribution < 1.29 is 39.9 Å². The third-order valence-electron chi connectivity index (χ3n) is 2.20. The van der Waals surface area contributed by atoms with Gasteiger partial charge in [-0.1, -0.05) is 24.3 Å². The Morgan fingerprint density at radius 3 is 1.65 bits per heavy atom. The van der Waals surface area contributed by atoms with Crippen LogP contribution in [0.25, 0.3) is 0 Å². The summed E-state index contributed by atoms with van der Waals surface area (Å²) < 4.78 is 55.8. The normalized spacial score (nSPS) is 11.8. The number of benzene rings is 2. The lowest BCUT2D eigenvalue weighted by Gasteiger charge is -2.04. The van der Waals surface area contributed by atoms with Crippen LogP contribution in [0.1, 0.15) is 0 Å². The van der Waals surface area contributed by atoms with Gasteiger partial charge in [0, 0.05) is 0 Å². The second-order valence-electron chi connectivity index (χ2n) is 3.84. The van der Waals surface area contributed by atoms with Crippen molar-refractivity contribution in [1.82, 2.24) is 0 Å². The average Bonchev–Trinajstić information content (AvgIpc) is 2.37. The van der Waals surface area contributed by atoms with Crippen LogP contribution in [0.5, 0.6) is 0 Å². The van der Waals surface area contributed by atoms with Crippen LogP contribution in [-0.4, -0.2) is 14.7 Å². The van der Waals surface area contributed by atoms with E-state index in [-0.39, 0.29) is 7.14 Å². The molecule has 20 heavy (non-hydrogen) atoms. The Hall–Kier alpha value is -1.06. The molecule has 0 aromatic heterocycles.